The van der Waals surface area contributed by atoms with Crippen LogP contribution in [0.4, 0.5) is 0 Å². The predicted molar refractivity (Wildman–Crippen MR) is 95.7 cm³/mol. The van der Waals surface area contributed by atoms with E-state index in [1.165, 1.54) is 0 Å². The molecule has 2 aromatic carbocycles. The molecule has 130 valence electrons. The molecule has 6 heteroatoms. The smallest absolute Gasteiger partial charge is 0.258 e. The summed E-state index contributed by atoms with van der Waals surface area (Å²) in [6.07, 6.45) is 0. The van der Waals surface area contributed by atoms with Crippen molar-refractivity contribution in [3.63, 3.8) is 0 Å². The molecule has 0 unspecified atom stereocenters. The van der Waals surface area contributed by atoms with Gasteiger partial charge in [-0.15, -0.1) is 0 Å². The lowest BCUT2D eigenvalue weighted by atomic mass is 10.0. The SMILES string of the molecule is C[C@@](O)(CNC(=O)COc1ccc(Cl)cc1)c1cc2ccccc2o1. The van der Waals surface area contributed by atoms with Gasteiger partial charge in [0.25, 0.3) is 5.91 Å². The number of para-hydroxylation sites is 1. The summed E-state index contributed by atoms with van der Waals surface area (Å²) in [7, 11) is 0. The topological polar surface area (TPSA) is 71.7 Å². The second-order valence-corrected chi connectivity index (χ2v) is 6.38. The zero-order valence-corrected chi connectivity index (χ0v) is 14.4. The van der Waals surface area contributed by atoms with Crippen LogP contribution >= 0.6 is 11.6 Å². The first-order valence-corrected chi connectivity index (χ1v) is 8.18. The number of fused-ring (bicyclic) bond motifs is 1. The van der Waals surface area contributed by atoms with Crippen molar-refractivity contribution >= 4 is 28.5 Å². The van der Waals surface area contributed by atoms with E-state index < -0.39 is 5.60 Å². The number of benzene rings is 2. The van der Waals surface area contributed by atoms with Gasteiger partial charge in [-0.1, -0.05) is 29.8 Å². The average molecular weight is 360 g/mol. The van der Waals surface area contributed by atoms with E-state index in [-0.39, 0.29) is 19.1 Å². The maximum absolute atomic E-state index is 11.9. The number of halogens is 1. The van der Waals surface area contributed by atoms with E-state index in [2.05, 4.69) is 5.32 Å². The Hall–Kier alpha value is -2.50. The molecule has 0 radical (unpaired) electrons. The van der Waals surface area contributed by atoms with Crippen LogP contribution < -0.4 is 10.1 Å². The number of amides is 1. The van der Waals surface area contributed by atoms with Gasteiger partial charge in [0.05, 0.1) is 6.54 Å². The Labute approximate surface area is 150 Å². The van der Waals surface area contributed by atoms with E-state index in [0.717, 1.165) is 5.39 Å². The van der Waals surface area contributed by atoms with Crippen molar-refractivity contribution in [2.45, 2.75) is 12.5 Å². The van der Waals surface area contributed by atoms with Crippen LogP contribution in [0.1, 0.15) is 12.7 Å². The summed E-state index contributed by atoms with van der Waals surface area (Å²) in [4.78, 5) is 11.9. The highest BCUT2D eigenvalue weighted by molar-refractivity contribution is 6.30. The molecule has 0 spiro atoms. The molecule has 0 fully saturated rings. The minimum Gasteiger partial charge on any atom is -0.484 e. The Kier molecular flexibility index (Phi) is 4.97. The van der Waals surface area contributed by atoms with Crippen molar-refractivity contribution in [3.8, 4) is 5.75 Å². The summed E-state index contributed by atoms with van der Waals surface area (Å²) in [5, 5.41) is 14.7. The largest absolute Gasteiger partial charge is 0.484 e. The van der Waals surface area contributed by atoms with Crippen molar-refractivity contribution in [1.29, 1.82) is 0 Å². The van der Waals surface area contributed by atoms with Crippen LogP contribution in [-0.4, -0.2) is 24.2 Å². The molecule has 1 amide bonds. The molecule has 0 aliphatic rings. The average Bonchev–Trinajstić information content (AvgIpc) is 3.05. The Bertz CT molecular complexity index is 838. The number of carbonyl (C=O) groups excluding carboxylic acids is 1. The second-order valence-electron chi connectivity index (χ2n) is 5.94. The molecule has 5 nitrogen and oxygen atoms in total. The van der Waals surface area contributed by atoms with E-state index in [4.69, 9.17) is 20.8 Å². The van der Waals surface area contributed by atoms with Gasteiger partial charge in [0, 0.05) is 10.4 Å². The van der Waals surface area contributed by atoms with E-state index in [9.17, 15) is 9.90 Å². The molecule has 0 bridgehead atoms. The fourth-order valence-corrected chi connectivity index (χ4v) is 2.46. The van der Waals surface area contributed by atoms with E-state index >= 15 is 0 Å². The summed E-state index contributed by atoms with van der Waals surface area (Å²) in [6, 6.07) is 16.0. The monoisotopic (exact) mass is 359 g/mol. The number of carbonyl (C=O) groups is 1. The van der Waals surface area contributed by atoms with Gasteiger partial charge in [-0.05, 0) is 43.3 Å². The highest BCUT2D eigenvalue weighted by Crippen LogP contribution is 2.27. The van der Waals surface area contributed by atoms with Crippen LogP contribution in [0.2, 0.25) is 5.02 Å². The van der Waals surface area contributed by atoms with Crippen molar-refractivity contribution in [2.24, 2.45) is 0 Å². The van der Waals surface area contributed by atoms with E-state index in [1.54, 1.807) is 37.3 Å². The maximum atomic E-state index is 11.9. The van der Waals surface area contributed by atoms with Gasteiger partial charge in [0.1, 0.15) is 22.7 Å². The fraction of sp³-hybridized carbons (Fsp3) is 0.211. The first-order chi connectivity index (χ1) is 11.9. The number of furan rings is 1. The molecule has 1 atom stereocenters. The van der Waals surface area contributed by atoms with Crippen LogP contribution in [0, 0.1) is 0 Å². The third-order valence-corrected chi connectivity index (χ3v) is 4.02. The van der Waals surface area contributed by atoms with Gasteiger partial charge in [-0.25, -0.2) is 0 Å². The summed E-state index contributed by atoms with van der Waals surface area (Å²) in [5.74, 6) is 0.600. The lowest BCUT2D eigenvalue weighted by Gasteiger charge is -2.21. The zero-order valence-electron chi connectivity index (χ0n) is 13.7. The van der Waals surface area contributed by atoms with Crippen LogP contribution in [0.5, 0.6) is 5.75 Å². The predicted octanol–water partition coefficient (Wildman–Crippen LogP) is 3.49. The molecule has 1 heterocycles. The lowest BCUT2D eigenvalue weighted by molar-refractivity contribution is -0.124. The van der Waals surface area contributed by atoms with Crippen molar-refractivity contribution in [3.05, 3.63) is 65.4 Å². The van der Waals surface area contributed by atoms with Crippen LogP contribution in [-0.2, 0) is 10.4 Å². The molecular weight excluding hydrogens is 342 g/mol. The number of hydrogen-bond acceptors (Lipinski definition) is 4. The summed E-state index contributed by atoms with van der Waals surface area (Å²) < 4.78 is 11.0. The van der Waals surface area contributed by atoms with Gasteiger partial charge < -0.3 is 19.6 Å². The van der Waals surface area contributed by atoms with Crippen LogP contribution in [0.3, 0.4) is 0 Å². The normalized spacial score (nSPS) is 13.4. The van der Waals surface area contributed by atoms with Gasteiger partial charge >= 0.3 is 0 Å². The third-order valence-electron chi connectivity index (χ3n) is 3.77. The number of nitrogens with one attached hydrogen (secondary N) is 1. The Morgan fingerprint density at radius 1 is 1.24 bits per heavy atom. The number of rotatable bonds is 6. The van der Waals surface area contributed by atoms with Crippen LogP contribution in [0.15, 0.2) is 59.0 Å². The van der Waals surface area contributed by atoms with Gasteiger partial charge in [0.15, 0.2) is 6.61 Å². The molecule has 0 aliphatic heterocycles. The summed E-state index contributed by atoms with van der Waals surface area (Å²) >= 11 is 5.79. The van der Waals surface area contributed by atoms with Gasteiger partial charge in [0.2, 0.25) is 0 Å². The third kappa shape index (κ3) is 4.32. The second kappa shape index (κ2) is 7.17. The minimum absolute atomic E-state index is 0.00956. The molecule has 0 aliphatic carbocycles. The molecule has 3 aromatic rings. The number of hydrogen-bond donors (Lipinski definition) is 2. The van der Waals surface area contributed by atoms with Crippen LogP contribution in [0.25, 0.3) is 11.0 Å². The highest BCUT2D eigenvalue weighted by Gasteiger charge is 2.28. The molecule has 25 heavy (non-hydrogen) atoms. The summed E-state index contributed by atoms with van der Waals surface area (Å²) in [6.45, 7) is 1.44. The molecule has 0 saturated heterocycles. The highest BCUT2D eigenvalue weighted by atomic mass is 35.5. The maximum Gasteiger partial charge on any atom is 0.258 e. The lowest BCUT2D eigenvalue weighted by Crippen LogP contribution is -2.40. The molecule has 1 aromatic heterocycles. The zero-order chi connectivity index (χ0) is 17.9. The Balaban J connectivity index is 1.55. The quantitative estimate of drug-likeness (QED) is 0.706. The van der Waals surface area contributed by atoms with E-state index in [1.807, 2.05) is 24.3 Å². The van der Waals surface area contributed by atoms with Gasteiger partial charge in [-0.2, -0.15) is 0 Å². The summed E-state index contributed by atoms with van der Waals surface area (Å²) in [5.41, 5.74) is -0.634. The van der Waals surface area contributed by atoms with E-state index in [0.29, 0.717) is 22.1 Å². The Morgan fingerprint density at radius 2 is 1.96 bits per heavy atom. The molecule has 3 rings (SSSR count). The minimum atomic E-state index is -1.32. The standard InChI is InChI=1S/C19H18ClNO4/c1-19(23,17-10-13-4-2-3-5-16(13)25-17)12-21-18(22)11-24-15-8-6-14(20)7-9-15/h2-10,23H,11-12H2,1H3,(H,21,22)/t19-/m1/s1. The molecular formula is C19H18ClNO4. The van der Waals surface area contributed by atoms with Crippen molar-refractivity contribution < 1.29 is 19.1 Å². The molecule has 2 N–H and O–H groups in total. The molecule has 0 saturated carbocycles. The van der Waals surface area contributed by atoms with Gasteiger partial charge in [-0.3, -0.25) is 4.79 Å². The van der Waals surface area contributed by atoms with Crippen molar-refractivity contribution in [2.75, 3.05) is 13.2 Å². The Morgan fingerprint density at radius 3 is 2.68 bits per heavy atom. The van der Waals surface area contributed by atoms with Crippen molar-refractivity contribution in [1.82, 2.24) is 5.32 Å². The first kappa shape index (κ1) is 17.3. The fourth-order valence-electron chi connectivity index (χ4n) is 2.34. The number of ether oxygens (including phenoxy) is 1. The first-order valence-electron chi connectivity index (χ1n) is 7.80. The number of aliphatic hydroxyl groups is 1.